The normalized spacial score (nSPS) is 11.8. The molecule has 216 valence electrons. The average molecular weight is 583 g/mol. The van der Waals surface area contributed by atoms with Gasteiger partial charge >= 0.3 is 16.3 Å². The van der Waals surface area contributed by atoms with Gasteiger partial charge in [-0.3, -0.25) is 4.79 Å². The van der Waals surface area contributed by atoms with Gasteiger partial charge in [0.25, 0.3) is 5.91 Å². The van der Waals surface area contributed by atoms with Crippen LogP contribution in [0.1, 0.15) is 35.3 Å². The van der Waals surface area contributed by atoms with E-state index in [4.69, 9.17) is 8.92 Å². The first kappa shape index (κ1) is 30.9. The first-order chi connectivity index (χ1) is 18.9. The first-order valence-electron chi connectivity index (χ1n) is 12.4. The summed E-state index contributed by atoms with van der Waals surface area (Å²) in [7, 11) is -3.26. The zero-order chi connectivity index (χ0) is 29.5. The Labute approximate surface area is 231 Å². The Morgan fingerprint density at radius 2 is 1.65 bits per heavy atom. The molecule has 12 heteroatoms. The number of hydrogen-bond donors (Lipinski definition) is 0. The summed E-state index contributed by atoms with van der Waals surface area (Å²) in [4.78, 5) is 15.8. The molecular weight excluding hydrogens is 552 g/mol. The lowest BCUT2D eigenvalue weighted by Crippen LogP contribution is -2.33. The maximum absolute atomic E-state index is 13.8. The molecule has 0 spiro atoms. The van der Waals surface area contributed by atoms with Crippen LogP contribution in [0.15, 0.2) is 71.6 Å². The van der Waals surface area contributed by atoms with Crippen molar-refractivity contribution in [3.05, 3.63) is 89.2 Å². The molecular formula is C28H30F4N2O5S. The number of halogens is 4. The molecule has 0 aromatic heterocycles. The minimum atomic E-state index is -4.75. The molecule has 0 aliphatic carbocycles. The lowest BCUT2D eigenvalue weighted by Gasteiger charge is -2.26. The number of ether oxygens (including phenoxy) is 1. The number of nitrogens with zero attached hydrogens (tertiary/aromatic N) is 2. The van der Waals surface area contributed by atoms with Crippen LogP contribution in [-0.4, -0.2) is 52.6 Å². The SMILES string of the molecule is CCN(CC)c1ccc(CN(CCOC)C(=O)c2cccc(F)c2)c(OS(=O)(=O)c2cccc(C(F)(F)F)c2)c1. The highest BCUT2D eigenvalue weighted by atomic mass is 32.2. The van der Waals surface area contributed by atoms with Gasteiger partial charge in [-0.25, -0.2) is 4.39 Å². The number of methoxy groups -OCH3 is 1. The molecule has 0 saturated heterocycles. The van der Waals surface area contributed by atoms with Gasteiger partial charge < -0.3 is 18.7 Å². The summed E-state index contributed by atoms with van der Waals surface area (Å²) in [6, 6.07) is 13.2. The fraction of sp³-hybridized carbons (Fsp3) is 0.321. The molecule has 0 bridgehead atoms. The molecule has 0 N–H and O–H groups in total. The van der Waals surface area contributed by atoms with E-state index in [1.807, 2.05) is 18.7 Å². The van der Waals surface area contributed by atoms with Crippen LogP contribution in [0.25, 0.3) is 0 Å². The third-order valence-corrected chi connectivity index (χ3v) is 7.34. The van der Waals surface area contributed by atoms with Gasteiger partial charge in [-0.15, -0.1) is 0 Å². The Hall–Kier alpha value is -3.64. The minimum Gasteiger partial charge on any atom is -0.383 e. The van der Waals surface area contributed by atoms with E-state index in [0.29, 0.717) is 24.8 Å². The lowest BCUT2D eigenvalue weighted by atomic mass is 10.1. The molecule has 0 fully saturated rings. The predicted octanol–water partition coefficient (Wildman–Crippen LogP) is 5.75. The zero-order valence-electron chi connectivity index (χ0n) is 22.2. The summed E-state index contributed by atoms with van der Waals surface area (Å²) in [5.74, 6) is -1.29. The third-order valence-electron chi connectivity index (χ3n) is 6.11. The van der Waals surface area contributed by atoms with E-state index in [9.17, 15) is 30.8 Å². The molecule has 0 aliphatic heterocycles. The quantitative estimate of drug-likeness (QED) is 0.200. The number of hydrogen-bond acceptors (Lipinski definition) is 6. The summed E-state index contributed by atoms with van der Waals surface area (Å²) >= 11 is 0. The van der Waals surface area contributed by atoms with Crippen molar-refractivity contribution in [1.82, 2.24) is 4.90 Å². The van der Waals surface area contributed by atoms with Crippen LogP contribution in [0.4, 0.5) is 23.2 Å². The second-order valence-corrected chi connectivity index (χ2v) is 10.3. The summed E-state index contributed by atoms with van der Waals surface area (Å²) in [5.41, 5.74) is -0.175. The smallest absolute Gasteiger partial charge is 0.383 e. The molecule has 3 aromatic carbocycles. The van der Waals surface area contributed by atoms with Crippen molar-refractivity contribution in [1.29, 1.82) is 0 Å². The fourth-order valence-electron chi connectivity index (χ4n) is 3.99. The summed E-state index contributed by atoms with van der Waals surface area (Å²) in [6.07, 6.45) is -4.75. The van der Waals surface area contributed by atoms with Gasteiger partial charge in [0.1, 0.15) is 16.5 Å². The highest BCUT2D eigenvalue weighted by Crippen LogP contribution is 2.33. The molecule has 1 amide bonds. The molecule has 0 aliphatic rings. The van der Waals surface area contributed by atoms with E-state index >= 15 is 0 Å². The number of amides is 1. The molecule has 0 saturated carbocycles. The lowest BCUT2D eigenvalue weighted by molar-refractivity contribution is -0.137. The molecule has 3 aromatic rings. The van der Waals surface area contributed by atoms with E-state index in [0.717, 1.165) is 24.3 Å². The number of anilines is 1. The van der Waals surface area contributed by atoms with Crippen molar-refractivity contribution in [3.8, 4) is 5.75 Å². The van der Waals surface area contributed by atoms with Gasteiger partial charge in [0.15, 0.2) is 0 Å². The Balaban J connectivity index is 2.05. The number of carbonyl (C=O) groups excluding carboxylic acids is 1. The first-order valence-corrected chi connectivity index (χ1v) is 13.8. The topological polar surface area (TPSA) is 76.2 Å². The summed E-state index contributed by atoms with van der Waals surface area (Å²) < 4.78 is 90.4. The summed E-state index contributed by atoms with van der Waals surface area (Å²) in [5, 5.41) is 0. The van der Waals surface area contributed by atoms with Crippen LogP contribution >= 0.6 is 0 Å². The largest absolute Gasteiger partial charge is 0.416 e. The van der Waals surface area contributed by atoms with E-state index in [1.165, 1.54) is 36.3 Å². The molecule has 0 heterocycles. The van der Waals surface area contributed by atoms with Crippen LogP contribution in [0.2, 0.25) is 0 Å². The van der Waals surface area contributed by atoms with Gasteiger partial charge in [-0.05, 0) is 56.3 Å². The van der Waals surface area contributed by atoms with Gasteiger partial charge in [0.05, 0.1) is 12.2 Å². The Kier molecular flexibility index (Phi) is 10.2. The third kappa shape index (κ3) is 7.72. The maximum Gasteiger partial charge on any atom is 0.416 e. The van der Waals surface area contributed by atoms with E-state index in [2.05, 4.69) is 0 Å². The van der Waals surface area contributed by atoms with Crippen molar-refractivity contribution >= 4 is 21.7 Å². The van der Waals surface area contributed by atoms with Crippen LogP contribution in [0, 0.1) is 5.82 Å². The van der Waals surface area contributed by atoms with Gasteiger partial charge in [-0.2, -0.15) is 21.6 Å². The van der Waals surface area contributed by atoms with Crippen molar-refractivity contribution in [2.45, 2.75) is 31.5 Å². The van der Waals surface area contributed by atoms with Crippen molar-refractivity contribution < 1.29 is 39.7 Å². The molecule has 7 nitrogen and oxygen atoms in total. The standard InChI is InChI=1S/C28H30F4N2O5S/c1-4-33(5-2)24-13-12-21(19-34(14-15-38-3)27(35)20-8-6-10-23(29)16-20)26(18-24)39-40(36,37)25-11-7-9-22(17-25)28(30,31)32/h6-13,16-18H,4-5,14-15,19H2,1-3H3. The van der Waals surface area contributed by atoms with Crippen LogP contribution in [0.3, 0.4) is 0 Å². The van der Waals surface area contributed by atoms with Gasteiger partial charge in [0.2, 0.25) is 0 Å². The molecule has 40 heavy (non-hydrogen) atoms. The second kappa shape index (κ2) is 13.1. The van der Waals surface area contributed by atoms with Gasteiger partial charge in [-0.1, -0.05) is 18.2 Å². The Morgan fingerprint density at radius 3 is 2.27 bits per heavy atom. The molecule has 0 unspecified atom stereocenters. The number of alkyl halides is 3. The highest BCUT2D eigenvalue weighted by Gasteiger charge is 2.32. The zero-order valence-corrected chi connectivity index (χ0v) is 23.1. The van der Waals surface area contributed by atoms with E-state index < -0.39 is 38.5 Å². The van der Waals surface area contributed by atoms with E-state index in [1.54, 1.807) is 12.1 Å². The highest BCUT2D eigenvalue weighted by molar-refractivity contribution is 7.87. The number of benzene rings is 3. The van der Waals surface area contributed by atoms with Crippen LogP contribution in [-0.2, 0) is 27.6 Å². The maximum atomic E-state index is 13.8. The van der Waals surface area contributed by atoms with Crippen molar-refractivity contribution in [2.24, 2.45) is 0 Å². The van der Waals surface area contributed by atoms with E-state index in [-0.39, 0.29) is 36.6 Å². The second-order valence-electron chi connectivity index (χ2n) is 8.76. The molecule has 3 rings (SSSR count). The summed E-state index contributed by atoms with van der Waals surface area (Å²) in [6.45, 7) is 5.07. The molecule has 0 radical (unpaired) electrons. The fourth-order valence-corrected chi connectivity index (χ4v) is 5.00. The van der Waals surface area contributed by atoms with Gasteiger partial charge in [0, 0.05) is 56.2 Å². The molecule has 0 atom stereocenters. The van der Waals surface area contributed by atoms with Crippen LogP contribution < -0.4 is 9.08 Å². The average Bonchev–Trinajstić information content (AvgIpc) is 2.91. The number of rotatable bonds is 12. The predicted molar refractivity (Wildman–Crippen MR) is 142 cm³/mol. The Bertz CT molecular complexity index is 1430. The number of carbonyl (C=O) groups is 1. The Morgan fingerprint density at radius 1 is 0.950 bits per heavy atom. The van der Waals surface area contributed by atoms with Crippen molar-refractivity contribution in [2.75, 3.05) is 38.3 Å². The monoisotopic (exact) mass is 582 g/mol. The van der Waals surface area contributed by atoms with Crippen molar-refractivity contribution in [3.63, 3.8) is 0 Å². The van der Waals surface area contributed by atoms with Crippen LogP contribution in [0.5, 0.6) is 5.75 Å². The minimum absolute atomic E-state index is 0.0786.